The second-order valence-corrected chi connectivity index (χ2v) is 18.7. The van der Waals surface area contributed by atoms with E-state index in [1.807, 2.05) is 67.6 Å². The summed E-state index contributed by atoms with van der Waals surface area (Å²) in [7, 11) is 0. The molecule has 1 unspecified atom stereocenters. The molecule has 7 atom stereocenters. The van der Waals surface area contributed by atoms with Crippen molar-refractivity contribution in [1.29, 1.82) is 0 Å². The van der Waals surface area contributed by atoms with Gasteiger partial charge in [-0.25, -0.2) is 4.79 Å². The molecule has 0 radical (unpaired) electrons. The molecule has 3 aromatic rings. The zero-order chi connectivity index (χ0) is 46.0. The fourth-order valence-corrected chi connectivity index (χ4v) is 10.9. The van der Waals surface area contributed by atoms with E-state index in [1.54, 1.807) is 22.7 Å². The Bertz CT molecular complexity index is 2010. The molecule has 66 heavy (non-hydrogen) atoms. The van der Waals surface area contributed by atoms with Crippen LogP contribution in [0.2, 0.25) is 0 Å². The number of carbonyl (C=O) groups excluding carboxylic acids is 1. The number of aliphatic hydroxyl groups excluding tert-OH is 2. The molecule has 1 saturated carbocycles. The van der Waals surface area contributed by atoms with Gasteiger partial charge in [-0.3, -0.25) is 4.90 Å². The van der Waals surface area contributed by atoms with Crippen molar-refractivity contribution in [1.82, 2.24) is 4.90 Å². The summed E-state index contributed by atoms with van der Waals surface area (Å²) in [5, 5.41) is 24.9. The second kappa shape index (κ2) is 25.7. The first kappa shape index (κ1) is 49.5. The molecule has 4 aliphatic rings. The van der Waals surface area contributed by atoms with Gasteiger partial charge in [-0.05, 0) is 98.2 Å². The Morgan fingerprint density at radius 1 is 0.970 bits per heavy atom. The maximum absolute atomic E-state index is 14.6. The predicted octanol–water partition coefficient (Wildman–Crippen LogP) is 10.1. The number of rotatable bonds is 26. The zero-order valence-electron chi connectivity index (χ0n) is 38.6. The highest BCUT2D eigenvalue weighted by Crippen LogP contribution is 2.62. The molecule has 2 aliphatic carbocycles. The molecule has 2 heterocycles. The molecule has 2 fully saturated rings. The Balaban J connectivity index is 1.30. The van der Waals surface area contributed by atoms with Crippen molar-refractivity contribution < 1.29 is 48.3 Å². The molecule has 1 amide bonds. The number of oxime groups is 1. The van der Waals surface area contributed by atoms with Gasteiger partial charge in [-0.15, -0.1) is 18.3 Å². The Labute approximate surface area is 395 Å². The highest BCUT2D eigenvalue weighted by atomic mass is 32.2. The minimum absolute atomic E-state index is 0.0676. The van der Waals surface area contributed by atoms with Crippen LogP contribution in [-0.4, -0.2) is 104 Å². The first-order chi connectivity index (χ1) is 32.5. The van der Waals surface area contributed by atoms with Crippen LogP contribution in [-0.2, 0) is 30.4 Å². The number of carbonyl (C=O) groups is 1. The smallest absolute Gasteiger partial charge is 0.410 e. The molecule has 2 N–H and O–H groups in total. The first-order valence-corrected chi connectivity index (χ1v) is 25.2. The minimum atomic E-state index is -1.39. The van der Waals surface area contributed by atoms with Gasteiger partial charge < -0.3 is 43.5 Å². The molecule has 12 nitrogen and oxygen atoms in total. The fourth-order valence-electron chi connectivity index (χ4n) is 10.1. The number of hydrogen-bond donors (Lipinski definition) is 2. The maximum atomic E-state index is 14.6. The normalized spacial score (nSPS) is 24.9. The van der Waals surface area contributed by atoms with E-state index in [-0.39, 0.29) is 57.2 Å². The average molecular weight is 927 g/mol. The first-order valence-electron chi connectivity index (χ1n) is 24.2. The summed E-state index contributed by atoms with van der Waals surface area (Å²) in [6.45, 7) is 8.70. The van der Waals surface area contributed by atoms with Crippen LogP contribution < -0.4 is 9.47 Å². The molecule has 358 valence electrons. The van der Waals surface area contributed by atoms with E-state index in [1.165, 1.54) is 4.90 Å². The lowest BCUT2D eigenvalue weighted by atomic mass is 9.55. The Kier molecular flexibility index (Phi) is 19.3. The summed E-state index contributed by atoms with van der Waals surface area (Å²) in [5.74, 6) is 0.360. The van der Waals surface area contributed by atoms with Gasteiger partial charge in [0.25, 0.3) is 0 Å². The number of unbranched alkanes of at least 4 members (excludes halogenated alkanes) is 2. The molecular formula is C53H70N2O10S. The van der Waals surface area contributed by atoms with Gasteiger partial charge in [0.1, 0.15) is 24.1 Å². The number of aliphatic hydroxyl groups is 2. The molecule has 0 spiro atoms. The number of allylic oxidation sites excluding steroid dienone is 1. The molecular weight excluding hydrogens is 857 g/mol. The molecule has 3 aromatic carbocycles. The molecule has 0 aromatic heterocycles. The van der Waals surface area contributed by atoms with Crippen molar-refractivity contribution in [3.63, 3.8) is 0 Å². The monoisotopic (exact) mass is 926 g/mol. The average Bonchev–Trinajstić information content (AvgIpc) is 3.35. The summed E-state index contributed by atoms with van der Waals surface area (Å²) < 4.78 is 39.0. The van der Waals surface area contributed by atoms with E-state index < -0.39 is 30.1 Å². The molecule has 13 heteroatoms. The van der Waals surface area contributed by atoms with Crippen LogP contribution in [0.3, 0.4) is 0 Å². The highest BCUT2D eigenvalue weighted by Gasteiger charge is 2.65. The zero-order valence-corrected chi connectivity index (χ0v) is 39.5. The van der Waals surface area contributed by atoms with Gasteiger partial charge in [-0.2, -0.15) is 0 Å². The fraction of sp³-hybridized carbons (Fsp3) is 0.547. The highest BCUT2D eigenvalue weighted by molar-refractivity contribution is 7.99. The SMILES string of the molecule is C=CCO[C@@]12Oc3ccc(OCCSc4ccccc4)cc3[C@H]3[C@H](CCCCO)[C@@H](CCCCO)C=C(C(=NOC4CCCCO4)C[C@@H]1N(CCC)C(=O)OCCOCc1ccccc1)[C@H]32. The van der Waals surface area contributed by atoms with Crippen LogP contribution in [0.25, 0.3) is 0 Å². The standard InChI is InChI=1S/C53H70N2O10S/c1-3-26-55(52(58)62-32-31-59-38-39-17-7-5-8-18-39)48-37-46(54-65-49-23-13-16-30-61-49)44-35-40(19-11-14-27-56)43(22-12-15-28-57)50-45-36-41(60-33-34-66-42-20-9-6-10-21-42)24-25-47(45)64-53(48,51(44)50)63-29-4-2/h4-10,17-18,20-21,24-25,35-36,40,43,48-51,56-57H,2-3,11-16,19,22-23,26-34,37-38H2,1H3/t40-,43+,48-,49?,50+,51+,53+/m0/s1. The molecule has 7 rings (SSSR count). The van der Waals surface area contributed by atoms with Crippen molar-refractivity contribution in [2.75, 3.05) is 58.5 Å². The topological polar surface area (TPSA) is 138 Å². The number of fused-ring (bicyclic) bond motifs is 2. The van der Waals surface area contributed by atoms with Crippen LogP contribution in [0.5, 0.6) is 11.5 Å². The van der Waals surface area contributed by atoms with Gasteiger partial charge >= 0.3 is 6.09 Å². The van der Waals surface area contributed by atoms with Gasteiger partial charge in [-0.1, -0.05) is 85.6 Å². The van der Waals surface area contributed by atoms with E-state index in [4.69, 9.17) is 38.4 Å². The third-order valence-corrected chi connectivity index (χ3v) is 14.0. The van der Waals surface area contributed by atoms with Gasteiger partial charge in [0.15, 0.2) is 0 Å². The second-order valence-electron chi connectivity index (χ2n) is 17.5. The van der Waals surface area contributed by atoms with E-state index >= 15 is 0 Å². The van der Waals surface area contributed by atoms with Crippen molar-refractivity contribution >= 4 is 23.6 Å². The lowest BCUT2D eigenvalue weighted by Gasteiger charge is -2.60. The summed E-state index contributed by atoms with van der Waals surface area (Å²) >= 11 is 1.75. The van der Waals surface area contributed by atoms with Crippen LogP contribution in [0.15, 0.2) is 113 Å². The number of nitrogens with zero attached hydrogens (tertiary/aromatic N) is 2. The van der Waals surface area contributed by atoms with Crippen LogP contribution in [0.4, 0.5) is 4.79 Å². The maximum Gasteiger partial charge on any atom is 0.410 e. The Morgan fingerprint density at radius 2 is 1.76 bits per heavy atom. The summed E-state index contributed by atoms with van der Waals surface area (Å²) in [6, 6.07) is 25.6. The largest absolute Gasteiger partial charge is 0.493 e. The number of benzene rings is 3. The van der Waals surface area contributed by atoms with Crippen molar-refractivity contribution in [3.8, 4) is 11.5 Å². The summed E-state index contributed by atoms with van der Waals surface area (Å²) in [6.07, 6.45) is 11.4. The number of hydrogen-bond acceptors (Lipinski definition) is 12. The Hall–Kier alpha value is -4.37. The van der Waals surface area contributed by atoms with E-state index in [0.717, 1.165) is 78.9 Å². The van der Waals surface area contributed by atoms with Crippen molar-refractivity contribution in [2.45, 2.75) is 113 Å². The van der Waals surface area contributed by atoms with Gasteiger partial charge in [0.05, 0.1) is 44.7 Å². The van der Waals surface area contributed by atoms with Gasteiger partial charge in [0, 0.05) is 54.7 Å². The van der Waals surface area contributed by atoms with E-state index in [2.05, 4.69) is 30.9 Å². The Morgan fingerprint density at radius 3 is 2.50 bits per heavy atom. The van der Waals surface area contributed by atoms with Crippen LogP contribution in [0.1, 0.15) is 94.6 Å². The van der Waals surface area contributed by atoms with Crippen LogP contribution in [0, 0.1) is 17.8 Å². The lowest BCUT2D eigenvalue weighted by molar-refractivity contribution is -0.255. The minimum Gasteiger partial charge on any atom is -0.493 e. The quantitative estimate of drug-likeness (QED) is 0.0345. The molecule has 0 bridgehead atoms. The van der Waals surface area contributed by atoms with Crippen LogP contribution >= 0.6 is 11.8 Å². The van der Waals surface area contributed by atoms with Crippen molar-refractivity contribution in [2.24, 2.45) is 22.9 Å². The predicted molar refractivity (Wildman–Crippen MR) is 257 cm³/mol. The molecule has 1 saturated heterocycles. The van der Waals surface area contributed by atoms with Crippen molar-refractivity contribution in [3.05, 3.63) is 114 Å². The summed E-state index contributed by atoms with van der Waals surface area (Å²) in [5.41, 5.74) is 3.74. The third-order valence-electron chi connectivity index (χ3n) is 13.1. The summed E-state index contributed by atoms with van der Waals surface area (Å²) in [4.78, 5) is 23.9. The van der Waals surface area contributed by atoms with E-state index in [0.29, 0.717) is 51.4 Å². The molecule has 2 aliphatic heterocycles. The third kappa shape index (κ3) is 12.6. The number of thioether (sulfide) groups is 1. The number of ether oxygens (including phenoxy) is 6. The number of amides is 1. The van der Waals surface area contributed by atoms with Gasteiger partial charge in [0.2, 0.25) is 12.1 Å². The lowest BCUT2D eigenvalue weighted by Crippen LogP contribution is -2.70. The van der Waals surface area contributed by atoms with E-state index in [9.17, 15) is 15.0 Å².